The van der Waals surface area contributed by atoms with Crippen LogP contribution in [0.25, 0.3) is 0 Å². The zero-order valence-electron chi connectivity index (χ0n) is 12.9. The lowest BCUT2D eigenvalue weighted by Crippen LogP contribution is -2.42. The van der Waals surface area contributed by atoms with Gasteiger partial charge in [-0.05, 0) is 43.5 Å². The molecule has 2 unspecified atom stereocenters. The van der Waals surface area contributed by atoms with Crippen LogP contribution in [0.1, 0.15) is 23.7 Å². The first-order valence-electron chi connectivity index (χ1n) is 7.37. The van der Waals surface area contributed by atoms with Crippen molar-refractivity contribution < 1.29 is 14.3 Å². The second kappa shape index (κ2) is 7.31. The summed E-state index contributed by atoms with van der Waals surface area (Å²) in [6.45, 7) is 4.93. The quantitative estimate of drug-likeness (QED) is 0.867. The molecular weight excluding hydrogens is 268 g/mol. The molecule has 116 valence electrons. The van der Waals surface area contributed by atoms with E-state index in [0.717, 1.165) is 19.5 Å². The van der Waals surface area contributed by atoms with Crippen molar-refractivity contribution >= 4 is 5.91 Å². The molecule has 1 amide bonds. The summed E-state index contributed by atoms with van der Waals surface area (Å²) in [5, 5.41) is 6.38. The lowest BCUT2D eigenvalue weighted by atomic mass is 9.88. The van der Waals surface area contributed by atoms with Crippen molar-refractivity contribution in [2.24, 2.45) is 11.8 Å². The lowest BCUT2D eigenvalue weighted by molar-refractivity contribution is 0.0935. The Bertz CT molecular complexity index is 490. The molecule has 2 N–H and O–H groups in total. The molecule has 1 saturated heterocycles. The van der Waals surface area contributed by atoms with E-state index >= 15 is 0 Å². The van der Waals surface area contributed by atoms with Crippen molar-refractivity contribution in [3.63, 3.8) is 0 Å². The third-order valence-electron chi connectivity index (χ3n) is 4.16. The highest BCUT2D eigenvalue weighted by molar-refractivity contribution is 5.97. The van der Waals surface area contributed by atoms with Crippen molar-refractivity contribution in [3.05, 3.63) is 23.8 Å². The molecule has 5 heteroatoms. The maximum absolute atomic E-state index is 12.4. The van der Waals surface area contributed by atoms with Crippen molar-refractivity contribution in [2.45, 2.75) is 13.3 Å². The summed E-state index contributed by atoms with van der Waals surface area (Å²) in [4.78, 5) is 12.4. The predicted octanol–water partition coefficient (Wildman–Crippen LogP) is 1.68. The van der Waals surface area contributed by atoms with Gasteiger partial charge in [0.15, 0.2) is 11.5 Å². The molecule has 1 aromatic rings. The van der Waals surface area contributed by atoms with E-state index in [1.54, 1.807) is 32.4 Å². The van der Waals surface area contributed by atoms with E-state index in [2.05, 4.69) is 17.6 Å². The Morgan fingerprint density at radius 3 is 2.86 bits per heavy atom. The Morgan fingerprint density at radius 1 is 1.38 bits per heavy atom. The summed E-state index contributed by atoms with van der Waals surface area (Å²) >= 11 is 0. The molecule has 2 atom stereocenters. The molecule has 0 spiro atoms. The topological polar surface area (TPSA) is 59.6 Å². The molecule has 0 bridgehead atoms. The standard InChI is InChI=1S/C16H24N2O3/c1-11-7-8-17-9-12(11)10-18-16(19)13-5-4-6-14(20-2)15(13)21-3/h4-6,11-12,17H,7-10H2,1-3H3,(H,18,19). The first-order chi connectivity index (χ1) is 10.2. The van der Waals surface area contributed by atoms with Crippen LogP contribution < -0.4 is 20.1 Å². The number of para-hydroxylation sites is 1. The number of methoxy groups -OCH3 is 2. The second-order valence-electron chi connectivity index (χ2n) is 5.48. The average Bonchev–Trinajstić information content (AvgIpc) is 2.52. The van der Waals surface area contributed by atoms with E-state index in [1.165, 1.54) is 0 Å². The Hall–Kier alpha value is -1.75. The summed E-state index contributed by atoms with van der Waals surface area (Å²) in [6, 6.07) is 5.32. The first-order valence-corrected chi connectivity index (χ1v) is 7.37. The van der Waals surface area contributed by atoms with Crippen molar-refractivity contribution in [1.82, 2.24) is 10.6 Å². The molecule has 1 aliphatic rings. The number of hydrogen-bond acceptors (Lipinski definition) is 4. The molecule has 1 aromatic carbocycles. The summed E-state index contributed by atoms with van der Waals surface area (Å²) in [7, 11) is 3.11. The van der Waals surface area contributed by atoms with Crippen LogP contribution in [-0.4, -0.2) is 39.8 Å². The van der Waals surface area contributed by atoms with Crippen LogP contribution in [0, 0.1) is 11.8 Å². The highest BCUT2D eigenvalue weighted by Crippen LogP contribution is 2.30. The van der Waals surface area contributed by atoms with Gasteiger partial charge < -0.3 is 20.1 Å². The van der Waals surface area contributed by atoms with Crippen molar-refractivity contribution in [3.8, 4) is 11.5 Å². The third kappa shape index (κ3) is 3.67. The molecular formula is C16H24N2O3. The summed E-state index contributed by atoms with van der Waals surface area (Å²) in [5.41, 5.74) is 0.508. The van der Waals surface area contributed by atoms with Crippen LogP contribution in [0.5, 0.6) is 11.5 Å². The van der Waals surface area contributed by atoms with Crippen LogP contribution in [-0.2, 0) is 0 Å². The molecule has 1 fully saturated rings. The van der Waals surface area contributed by atoms with Gasteiger partial charge in [-0.3, -0.25) is 4.79 Å². The van der Waals surface area contributed by atoms with Gasteiger partial charge in [-0.1, -0.05) is 13.0 Å². The molecule has 5 nitrogen and oxygen atoms in total. The van der Waals surface area contributed by atoms with Gasteiger partial charge in [0, 0.05) is 6.54 Å². The van der Waals surface area contributed by atoms with Gasteiger partial charge in [-0.15, -0.1) is 0 Å². The Kier molecular flexibility index (Phi) is 5.44. The number of amides is 1. The maximum atomic E-state index is 12.4. The number of ether oxygens (including phenoxy) is 2. The van der Waals surface area contributed by atoms with E-state index < -0.39 is 0 Å². The number of nitrogens with one attached hydrogen (secondary N) is 2. The maximum Gasteiger partial charge on any atom is 0.255 e. The van der Waals surface area contributed by atoms with Gasteiger partial charge in [0.1, 0.15) is 0 Å². The zero-order chi connectivity index (χ0) is 15.2. The molecule has 0 aromatic heterocycles. The van der Waals surface area contributed by atoms with Crippen LogP contribution in [0.15, 0.2) is 18.2 Å². The van der Waals surface area contributed by atoms with Crippen molar-refractivity contribution in [1.29, 1.82) is 0 Å². The molecule has 0 radical (unpaired) electrons. The smallest absolute Gasteiger partial charge is 0.255 e. The number of carbonyl (C=O) groups excluding carboxylic acids is 1. The van der Waals surface area contributed by atoms with E-state index in [0.29, 0.717) is 35.4 Å². The molecule has 1 heterocycles. The molecule has 0 aliphatic carbocycles. The zero-order valence-corrected chi connectivity index (χ0v) is 12.9. The fourth-order valence-corrected chi connectivity index (χ4v) is 2.71. The predicted molar refractivity (Wildman–Crippen MR) is 82.0 cm³/mol. The Morgan fingerprint density at radius 2 is 2.19 bits per heavy atom. The number of hydrogen-bond donors (Lipinski definition) is 2. The highest BCUT2D eigenvalue weighted by atomic mass is 16.5. The molecule has 0 saturated carbocycles. The minimum atomic E-state index is -0.122. The minimum Gasteiger partial charge on any atom is -0.493 e. The lowest BCUT2D eigenvalue weighted by Gasteiger charge is -2.29. The van der Waals surface area contributed by atoms with Crippen LogP contribution in [0.4, 0.5) is 0 Å². The van der Waals surface area contributed by atoms with E-state index in [1.807, 2.05) is 0 Å². The van der Waals surface area contributed by atoms with Gasteiger partial charge in [-0.25, -0.2) is 0 Å². The molecule has 2 rings (SSSR count). The van der Waals surface area contributed by atoms with Crippen LogP contribution in [0.2, 0.25) is 0 Å². The Balaban J connectivity index is 2.03. The van der Waals surface area contributed by atoms with Gasteiger partial charge in [-0.2, -0.15) is 0 Å². The SMILES string of the molecule is COc1cccc(C(=O)NCC2CNCCC2C)c1OC. The fraction of sp³-hybridized carbons (Fsp3) is 0.562. The largest absolute Gasteiger partial charge is 0.493 e. The fourth-order valence-electron chi connectivity index (χ4n) is 2.71. The van der Waals surface area contributed by atoms with E-state index in [9.17, 15) is 4.79 Å². The number of benzene rings is 1. The summed E-state index contributed by atoms with van der Waals surface area (Å²) < 4.78 is 10.5. The monoisotopic (exact) mass is 292 g/mol. The van der Waals surface area contributed by atoms with E-state index in [4.69, 9.17) is 9.47 Å². The molecule has 1 aliphatic heterocycles. The van der Waals surface area contributed by atoms with Crippen LogP contribution >= 0.6 is 0 Å². The normalized spacial score (nSPS) is 21.7. The average molecular weight is 292 g/mol. The van der Waals surface area contributed by atoms with Gasteiger partial charge in [0.25, 0.3) is 5.91 Å². The minimum absolute atomic E-state index is 0.122. The van der Waals surface area contributed by atoms with Crippen LogP contribution in [0.3, 0.4) is 0 Å². The number of rotatable bonds is 5. The number of piperidine rings is 1. The van der Waals surface area contributed by atoms with E-state index in [-0.39, 0.29) is 5.91 Å². The summed E-state index contributed by atoms with van der Waals surface area (Å²) in [6.07, 6.45) is 1.16. The highest BCUT2D eigenvalue weighted by Gasteiger charge is 2.22. The van der Waals surface area contributed by atoms with Gasteiger partial charge >= 0.3 is 0 Å². The van der Waals surface area contributed by atoms with Gasteiger partial charge in [0.05, 0.1) is 19.8 Å². The first kappa shape index (κ1) is 15.6. The number of carbonyl (C=O) groups is 1. The van der Waals surface area contributed by atoms with Gasteiger partial charge in [0.2, 0.25) is 0 Å². The molecule has 21 heavy (non-hydrogen) atoms. The van der Waals surface area contributed by atoms with Crippen molar-refractivity contribution in [2.75, 3.05) is 33.9 Å². The summed E-state index contributed by atoms with van der Waals surface area (Å²) in [5.74, 6) is 2.02. The second-order valence-corrected chi connectivity index (χ2v) is 5.48. The third-order valence-corrected chi connectivity index (χ3v) is 4.16. The Labute approximate surface area is 126 Å².